The second kappa shape index (κ2) is 13.1. The predicted molar refractivity (Wildman–Crippen MR) is 136 cm³/mol. The standard InChI is InChI=1S/C22H29N7O7S/c1-11(18(32)29(3)4)23-17(31)16-15(26-20(37-16)24-12(2)30)10-7-13-5-8-14(9-6-13)25-19(27-21(33)34)28-22(35)36/h5-6,8-9,11,19,25,27-28H,7,10H2,1-4H3,(H,23,31)(H,33,34)(H,35,36)(H,24,26,30)/t11-/m0/s1. The van der Waals surface area contributed by atoms with Crippen LogP contribution >= 0.6 is 11.3 Å². The van der Waals surface area contributed by atoms with Crippen LogP contribution in [0.15, 0.2) is 24.3 Å². The largest absolute Gasteiger partial charge is 0.465 e. The normalized spacial score (nSPS) is 11.3. The van der Waals surface area contributed by atoms with Crippen LogP contribution in [0.5, 0.6) is 0 Å². The fourth-order valence-electron chi connectivity index (χ4n) is 3.17. The Kier molecular flexibility index (Phi) is 10.2. The molecule has 1 atom stereocenters. The van der Waals surface area contributed by atoms with E-state index in [1.807, 2.05) is 10.6 Å². The summed E-state index contributed by atoms with van der Waals surface area (Å²) in [7, 11) is 3.18. The van der Waals surface area contributed by atoms with Crippen LogP contribution < -0.4 is 26.6 Å². The van der Waals surface area contributed by atoms with Crippen molar-refractivity contribution in [2.24, 2.45) is 0 Å². The first kappa shape index (κ1) is 28.8. The Hall–Kier alpha value is -4.40. The van der Waals surface area contributed by atoms with E-state index in [2.05, 4.69) is 20.9 Å². The van der Waals surface area contributed by atoms with Crippen molar-refractivity contribution in [3.8, 4) is 0 Å². The highest BCUT2D eigenvalue weighted by atomic mass is 32.1. The quantitative estimate of drug-likeness (QED) is 0.207. The summed E-state index contributed by atoms with van der Waals surface area (Å²) in [5.41, 5.74) is 1.77. The molecule has 0 radical (unpaired) electrons. The summed E-state index contributed by atoms with van der Waals surface area (Å²) in [5, 5.41) is 29.9. The summed E-state index contributed by atoms with van der Waals surface area (Å²) < 4.78 is 0. The molecule has 1 aromatic carbocycles. The van der Waals surface area contributed by atoms with Crippen LogP contribution in [0.4, 0.5) is 20.4 Å². The molecule has 0 aliphatic rings. The number of nitrogens with one attached hydrogen (secondary N) is 5. The minimum atomic E-state index is -1.41. The third kappa shape index (κ3) is 9.29. The maximum absolute atomic E-state index is 12.9. The molecule has 5 amide bonds. The van der Waals surface area contributed by atoms with Gasteiger partial charge in [-0.15, -0.1) is 0 Å². The molecule has 2 aromatic rings. The Morgan fingerprint density at radius 2 is 1.57 bits per heavy atom. The molecule has 2 rings (SSSR count). The topological polar surface area (TPSA) is 202 Å². The van der Waals surface area contributed by atoms with Crippen LogP contribution in [-0.2, 0) is 22.4 Å². The fraction of sp³-hybridized carbons (Fsp3) is 0.364. The average molecular weight is 536 g/mol. The van der Waals surface area contributed by atoms with Crippen molar-refractivity contribution in [2.75, 3.05) is 24.7 Å². The molecular formula is C22H29N7O7S. The van der Waals surface area contributed by atoms with E-state index in [0.29, 0.717) is 24.2 Å². The number of carbonyl (C=O) groups is 5. The second-order valence-corrected chi connectivity index (χ2v) is 9.08. The number of carbonyl (C=O) groups excluding carboxylic acids is 3. The Bertz CT molecular complexity index is 1130. The number of hydrogen-bond acceptors (Lipinski definition) is 8. The number of thiazole rings is 1. The highest BCUT2D eigenvalue weighted by Crippen LogP contribution is 2.25. The molecule has 0 bridgehead atoms. The molecule has 0 saturated heterocycles. The lowest BCUT2D eigenvalue weighted by atomic mass is 10.1. The molecule has 15 heteroatoms. The number of aromatic nitrogens is 1. The molecular weight excluding hydrogens is 506 g/mol. The lowest BCUT2D eigenvalue weighted by Crippen LogP contribution is -2.52. The van der Waals surface area contributed by atoms with E-state index in [0.717, 1.165) is 16.9 Å². The van der Waals surface area contributed by atoms with Gasteiger partial charge in [0.25, 0.3) is 5.91 Å². The van der Waals surface area contributed by atoms with Crippen molar-refractivity contribution < 1.29 is 34.2 Å². The van der Waals surface area contributed by atoms with Gasteiger partial charge in [0, 0.05) is 26.7 Å². The summed E-state index contributed by atoms with van der Waals surface area (Å²) in [6.45, 7) is 2.91. The van der Waals surface area contributed by atoms with Crippen molar-refractivity contribution in [1.29, 1.82) is 0 Å². The Balaban J connectivity index is 2.12. The zero-order valence-corrected chi connectivity index (χ0v) is 21.4. The summed E-state index contributed by atoms with van der Waals surface area (Å²) in [5.74, 6) is -1.08. The second-order valence-electron chi connectivity index (χ2n) is 8.08. The minimum absolute atomic E-state index is 0.265. The molecule has 0 spiro atoms. The van der Waals surface area contributed by atoms with Crippen molar-refractivity contribution in [1.82, 2.24) is 25.8 Å². The van der Waals surface area contributed by atoms with E-state index < -0.39 is 30.4 Å². The molecule has 0 unspecified atom stereocenters. The van der Waals surface area contributed by atoms with Gasteiger partial charge in [0.15, 0.2) is 11.4 Å². The SMILES string of the molecule is CC(=O)Nc1nc(CCc2ccc(NC(NC(=O)O)NC(=O)O)cc2)c(C(=O)N[C@@H](C)C(=O)N(C)C)s1. The average Bonchev–Trinajstić information content (AvgIpc) is 3.19. The van der Waals surface area contributed by atoms with Crippen LogP contribution in [0.3, 0.4) is 0 Å². The summed E-state index contributed by atoms with van der Waals surface area (Å²) in [6, 6.07) is 6.03. The van der Waals surface area contributed by atoms with Crippen molar-refractivity contribution in [2.45, 2.75) is 39.0 Å². The van der Waals surface area contributed by atoms with Crippen LogP contribution in [-0.4, -0.2) is 76.4 Å². The van der Waals surface area contributed by atoms with Crippen LogP contribution in [0.25, 0.3) is 0 Å². The number of carboxylic acid groups (broad SMARTS) is 2. The lowest BCUT2D eigenvalue weighted by molar-refractivity contribution is -0.130. The van der Waals surface area contributed by atoms with Crippen LogP contribution in [0.2, 0.25) is 0 Å². The molecule has 200 valence electrons. The Morgan fingerprint density at radius 3 is 2.08 bits per heavy atom. The zero-order chi connectivity index (χ0) is 27.7. The van der Waals surface area contributed by atoms with Gasteiger partial charge in [-0.05, 0) is 37.5 Å². The van der Waals surface area contributed by atoms with Gasteiger partial charge >= 0.3 is 12.2 Å². The minimum Gasteiger partial charge on any atom is -0.465 e. The smallest absolute Gasteiger partial charge is 0.407 e. The van der Waals surface area contributed by atoms with E-state index in [9.17, 15) is 24.0 Å². The lowest BCUT2D eigenvalue weighted by Gasteiger charge is -2.19. The number of hydrogen-bond donors (Lipinski definition) is 7. The van der Waals surface area contributed by atoms with E-state index in [1.54, 1.807) is 45.3 Å². The van der Waals surface area contributed by atoms with Gasteiger partial charge in [-0.25, -0.2) is 14.6 Å². The molecule has 0 aliphatic heterocycles. The first-order chi connectivity index (χ1) is 17.3. The number of aryl methyl sites for hydroxylation is 2. The summed E-state index contributed by atoms with van der Waals surface area (Å²) in [4.78, 5) is 64.2. The van der Waals surface area contributed by atoms with Crippen molar-refractivity contribution >= 4 is 52.1 Å². The molecule has 0 aliphatic carbocycles. The fourth-order valence-corrected chi connectivity index (χ4v) is 4.13. The van der Waals surface area contributed by atoms with E-state index in [1.165, 1.54) is 11.8 Å². The molecule has 37 heavy (non-hydrogen) atoms. The number of anilines is 2. The number of amides is 5. The summed E-state index contributed by atoms with van der Waals surface area (Å²) in [6.07, 6.45) is -3.26. The van der Waals surface area contributed by atoms with Gasteiger partial charge in [0.2, 0.25) is 11.8 Å². The first-order valence-electron chi connectivity index (χ1n) is 11.0. The number of likely N-dealkylation sites (N-methyl/N-ethyl adjacent to an activating group) is 1. The van der Waals surface area contributed by atoms with Crippen LogP contribution in [0, 0.1) is 0 Å². The Labute approximate surface area is 216 Å². The predicted octanol–water partition coefficient (Wildman–Crippen LogP) is 1.32. The molecule has 7 N–H and O–H groups in total. The van der Waals surface area contributed by atoms with Crippen molar-refractivity contribution in [3.05, 3.63) is 40.4 Å². The van der Waals surface area contributed by atoms with E-state index in [4.69, 9.17) is 10.2 Å². The Morgan fingerprint density at radius 1 is 0.973 bits per heavy atom. The molecule has 0 fully saturated rings. The third-order valence-electron chi connectivity index (χ3n) is 4.80. The maximum Gasteiger partial charge on any atom is 0.407 e. The summed E-state index contributed by atoms with van der Waals surface area (Å²) >= 11 is 1.01. The van der Waals surface area contributed by atoms with Gasteiger partial charge in [-0.3, -0.25) is 25.0 Å². The van der Waals surface area contributed by atoms with Gasteiger partial charge in [0.1, 0.15) is 10.9 Å². The van der Waals surface area contributed by atoms with E-state index >= 15 is 0 Å². The van der Waals surface area contributed by atoms with Gasteiger partial charge < -0.3 is 31.1 Å². The number of nitrogens with zero attached hydrogens (tertiary/aromatic N) is 2. The first-order valence-corrected chi connectivity index (χ1v) is 11.8. The zero-order valence-electron chi connectivity index (χ0n) is 20.6. The molecule has 1 aromatic heterocycles. The monoisotopic (exact) mass is 535 g/mol. The third-order valence-corrected chi connectivity index (χ3v) is 5.81. The van der Waals surface area contributed by atoms with Crippen LogP contribution in [0.1, 0.15) is 34.8 Å². The van der Waals surface area contributed by atoms with E-state index in [-0.39, 0.29) is 21.8 Å². The molecule has 0 saturated carbocycles. The highest BCUT2D eigenvalue weighted by Gasteiger charge is 2.23. The maximum atomic E-state index is 12.9. The molecule has 1 heterocycles. The van der Waals surface area contributed by atoms with Gasteiger partial charge in [-0.2, -0.15) is 0 Å². The van der Waals surface area contributed by atoms with Gasteiger partial charge in [-0.1, -0.05) is 23.5 Å². The number of rotatable bonds is 11. The van der Waals surface area contributed by atoms with Gasteiger partial charge in [0.05, 0.1) is 5.69 Å². The highest BCUT2D eigenvalue weighted by molar-refractivity contribution is 7.17. The molecule has 14 nitrogen and oxygen atoms in total. The van der Waals surface area contributed by atoms with Crippen molar-refractivity contribution in [3.63, 3.8) is 0 Å². The number of benzene rings is 1.